The minimum atomic E-state index is -0.296. The minimum absolute atomic E-state index is 0.0248. The molecule has 4 rings (SSSR count). The van der Waals surface area contributed by atoms with E-state index in [1.54, 1.807) is 48.5 Å². The third-order valence-corrected chi connectivity index (χ3v) is 5.18. The van der Waals surface area contributed by atoms with E-state index in [0.717, 1.165) is 18.4 Å². The molecule has 0 aliphatic heterocycles. The highest BCUT2D eigenvalue weighted by Crippen LogP contribution is 2.30. The molecule has 1 aliphatic rings. The summed E-state index contributed by atoms with van der Waals surface area (Å²) in [4.78, 5) is 24.8. The Labute approximate surface area is 180 Å². The summed E-state index contributed by atoms with van der Waals surface area (Å²) in [5, 5.41) is 6.37. The van der Waals surface area contributed by atoms with Crippen LogP contribution in [0.5, 0.6) is 5.75 Å². The van der Waals surface area contributed by atoms with E-state index in [-0.39, 0.29) is 24.3 Å². The predicted molar refractivity (Wildman–Crippen MR) is 118 cm³/mol. The van der Waals surface area contributed by atoms with Gasteiger partial charge in [0.15, 0.2) is 0 Å². The van der Waals surface area contributed by atoms with Crippen molar-refractivity contribution in [1.29, 1.82) is 0 Å². The molecule has 2 N–H and O–H groups in total. The van der Waals surface area contributed by atoms with Crippen molar-refractivity contribution in [2.24, 2.45) is 5.92 Å². The molecular weight excluding hydrogens is 400 g/mol. The van der Waals surface area contributed by atoms with E-state index >= 15 is 0 Å². The number of para-hydroxylation sites is 1. The van der Waals surface area contributed by atoms with Gasteiger partial charge in [0.2, 0.25) is 5.91 Å². The SMILES string of the molecule is O=C(Nc1cccc(NC(=O)C2CC2)c1)c1ccccc1OCc1ccccc1Cl. The Bertz CT molecular complexity index is 1080. The normalized spacial score (nSPS) is 12.8. The molecule has 0 atom stereocenters. The summed E-state index contributed by atoms with van der Waals surface area (Å²) in [6.45, 7) is 0.257. The van der Waals surface area contributed by atoms with Crippen LogP contribution in [-0.2, 0) is 11.4 Å². The lowest BCUT2D eigenvalue weighted by Gasteiger charge is -2.13. The van der Waals surface area contributed by atoms with E-state index in [9.17, 15) is 9.59 Å². The summed E-state index contributed by atoms with van der Waals surface area (Å²) in [7, 11) is 0. The maximum absolute atomic E-state index is 12.9. The zero-order chi connectivity index (χ0) is 20.9. The van der Waals surface area contributed by atoms with Gasteiger partial charge in [-0.1, -0.05) is 48.0 Å². The fraction of sp³-hybridized carbons (Fsp3) is 0.167. The molecule has 0 saturated heterocycles. The van der Waals surface area contributed by atoms with Crippen molar-refractivity contribution in [2.45, 2.75) is 19.4 Å². The van der Waals surface area contributed by atoms with Gasteiger partial charge in [-0.2, -0.15) is 0 Å². The number of halogens is 1. The van der Waals surface area contributed by atoms with E-state index in [4.69, 9.17) is 16.3 Å². The smallest absolute Gasteiger partial charge is 0.259 e. The highest BCUT2D eigenvalue weighted by Gasteiger charge is 2.29. The third-order valence-electron chi connectivity index (χ3n) is 4.81. The molecule has 0 spiro atoms. The van der Waals surface area contributed by atoms with Crippen molar-refractivity contribution in [3.8, 4) is 5.75 Å². The lowest BCUT2D eigenvalue weighted by molar-refractivity contribution is -0.117. The molecule has 0 aromatic heterocycles. The Balaban J connectivity index is 1.45. The average molecular weight is 421 g/mol. The fourth-order valence-corrected chi connectivity index (χ4v) is 3.20. The summed E-state index contributed by atoms with van der Waals surface area (Å²) in [6.07, 6.45) is 1.88. The molecule has 1 saturated carbocycles. The topological polar surface area (TPSA) is 67.4 Å². The van der Waals surface area contributed by atoms with Crippen LogP contribution in [0.1, 0.15) is 28.8 Å². The van der Waals surface area contributed by atoms with Crippen molar-refractivity contribution in [2.75, 3.05) is 10.6 Å². The molecule has 0 radical (unpaired) electrons. The van der Waals surface area contributed by atoms with Gasteiger partial charge in [-0.25, -0.2) is 0 Å². The largest absolute Gasteiger partial charge is 0.488 e. The van der Waals surface area contributed by atoms with Gasteiger partial charge in [0.05, 0.1) is 5.56 Å². The maximum Gasteiger partial charge on any atom is 0.259 e. The number of carbonyl (C=O) groups excluding carboxylic acids is 2. The Kier molecular flexibility index (Phi) is 6.00. The highest BCUT2D eigenvalue weighted by molar-refractivity contribution is 6.31. The van der Waals surface area contributed by atoms with Crippen LogP contribution in [0.4, 0.5) is 11.4 Å². The molecule has 1 aliphatic carbocycles. The molecule has 6 heteroatoms. The van der Waals surface area contributed by atoms with Gasteiger partial charge in [0, 0.05) is 27.9 Å². The molecule has 0 heterocycles. The van der Waals surface area contributed by atoms with Crippen LogP contribution < -0.4 is 15.4 Å². The molecule has 1 fully saturated rings. The Hall–Kier alpha value is -3.31. The number of hydrogen-bond donors (Lipinski definition) is 2. The zero-order valence-electron chi connectivity index (χ0n) is 16.2. The first-order chi connectivity index (χ1) is 14.6. The minimum Gasteiger partial charge on any atom is -0.488 e. The van der Waals surface area contributed by atoms with Crippen molar-refractivity contribution in [3.05, 3.63) is 88.9 Å². The molecule has 0 unspecified atom stereocenters. The van der Waals surface area contributed by atoms with Crippen LogP contribution in [-0.4, -0.2) is 11.8 Å². The van der Waals surface area contributed by atoms with Gasteiger partial charge < -0.3 is 15.4 Å². The van der Waals surface area contributed by atoms with Gasteiger partial charge >= 0.3 is 0 Å². The first-order valence-corrected chi connectivity index (χ1v) is 10.2. The second kappa shape index (κ2) is 9.01. The molecule has 152 valence electrons. The summed E-state index contributed by atoms with van der Waals surface area (Å²) in [5.41, 5.74) is 2.51. The van der Waals surface area contributed by atoms with Gasteiger partial charge in [-0.3, -0.25) is 9.59 Å². The standard InChI is InChI=1S/C24H21ClN2O3/c25-21-10-3-1-6-17(21)15-30-22-11-4-2-9-20(22)24(29)27-19-8-5-7-18(14-19)26-23(28)16-12-13-16/h1-11,14,16H,12-13,15H2,(H,26,28)(H,27,29). The second-order valence-electron chi connectivity index (χ2n) is 7.17. The monoisotopic (exact) mass is 420 g/mol. The van der Waals surface area contributed by atoms with Crippen LogP contribution in [0, 0.1) is 5.92 Å². The van der Waals surface area contributed by atoms with Crippen LogP contribution in [0.15, 0.2) is 72.8 Å². The number of nitrogens with one attached hydrogen (secondary N) is 2. The van der Waals surface area contributed by atoms with E-state index in [2.05, 4.69) is 10.6 Å². The number of carbonyl (C=O) groups is 2. The van der Waals surface area contributed by atoms with Gasteiger partial charge in [0.25, 0.3) is 5.91 Å². The van der Waals surface area contributed by atoms with Crippen molar-refractivity contribution in [3.63, 3.8) is 0 Å². The van der Waals surface area contributed by atoms with Crippen LogP contribution >= 0.6 is 11.6 Å². The van der Waals surface area contributed by atoms with Gasteiger partial charge in [-0.05, 0) is 49.2 Å². The van der Waals surface area contributed by atoms with Gasteiger partial charge in [0.1, 0.15) is 12.4 Å². The number of amides is 2. The summed E-state index contributed by atoms with van der Waals surface area (Å²) >= 11 is 6.19. The molecule has 3 aromatic rings. The molecule has 0 bridgehead atoms. The van der Waals surface area contributed by atoms with E-state index in [1.165, 1.54) is 0 Å². The summed E-state index contributed by atoms with van der Waals surface area (Å²) < 4.78 is 5.87. The third kappa shape index (κ3) is 4.99. The highest BCUT2D eigenvalue weighted by atomic mass is 35.5. The predicted octanol–water partition coefficient (Wildman–Crippen LogP) is 5.52. The Morgan fingerprint density at radius 1 is 0.900 bits per heavy atom. The molecular formula is C24H21ClN2O3. The molecule has 2 amide bonds. The van der Waals surface area contributed by atoms with Crippen LogP contribution in [0.2, 0.25) is 5.02 Å². The van der Waals surface area contributed by atoms with E-state index in [0.29, 0.717) is 27.7 Å². The second-order valence-corrected chi connectivity index (χ2v) is 7.58. The molecule has 30 heavy (non-hydrogen) atoms. The number of benzene rings is 3. The fourth-order valence-electron chi connectivity index (χ4n) is 3.01. The number of rotatable bonds is 7. The number of anilines is 2. The first kappa shape index (κ1) is 20.0. The van der Waals surface area contributed by atoms with Crippen molar-refractivity contribution in [1.82, 2.24) is 0 Å². The number of hydrogen-bond acceptors (Lipinski definition) is 3. The van der Waals surface area contributed by atoms with Crippen LogP contribution in [0.3, 0.4) is 0 Å². The lowest BCUT2D eigenvalue weighted by Crippen LogP contribution is -2.15. The average Bonchev–Trinajstić information content (AvgIpc) is 3.59. The van der Waals surface area contributed by atoms with Crippen LogP contribution in [0.25, 0.3) is 0 Å². The van der Waals surface area contributed by atoms with E-state index < -0.39 is 0 Å². The maximum atomic E-state index is 12.9. The first-order valence-electron chi connectivity index (χ1n) is 9.77. The number of ether oxygens (including phenoxy) is 1. The Morgan fingerprint density at radius 3 is 2.37 bits per heavy atom. The van der Waals surface area contributed by atoms with E-state index in [1.807, 2.05) is 24.3 Å². The van der Waals surface area contributed by atoms with Crippen molar-refractivity contribution < 1.29 is 14.3 Å². The summed E-state index contributed by atoms with van der Waals surface area (Å²) in [5.74, 6) is 0.311. The molecule has 3 aromatic carbocycles. The van der Waals surface area contributed by atoms with Gasteiger partial charge in [-0.15, -0.1) is 0 Å². The zero-order valence-corrected chi connectivity index (χ0v) is 17.0. The van der Waals surface area contributed by atoms with Crippen molar-refractivity contribution >= 4 is 34.8 Å². The summed E-state index contributed by atoms with van der Waals surface area (Å²) in [6, 6.07) is 21.6. The molecule has 5 nitrogen and oxygen atoms in total. The lowest BCUT2D eigenvalue weighted by atomic mass is 10.1. The quantitative estimate of drug-likeness (QED) is 0.528. The Morgan fingerprint density at radius 2 is 1.60 bits per heavy atom.